The molecule has 1 unspecified atom stereocenters. The highest BCUT2D eigenvalue weighted by atomic mass is 35.5. The summed E-state index contributed by atoms with van der Waals surface area (Å²) >= 11 is 5.84. The Labute approximate surface area is 94.5 Å². The summed E-state index contributed by atoms with van der Waals surface area (Å²) in [7, 11) is 0. The summed E-state index contributed by atoms with van der Waals surface area (Å²) in [6, 6.07) is 1.77. The van der Waals surface area contributed by atoms with Crippen molar-refractivity contribution in [2.75, 3.05) is 23.7 Å². The molecular formula is C10H15ClN4. The van der Waals surface area contributed by atoms with Gasteiger partial charge in [-0.1, -0.05) is 24.9 Å². The van der Waals surface area contributed by atoms with Crippen molar-refractivity contribution in [2.24, 2.45) is 5.92 Å². The number of anilines is 2. The lowest BCUT2D eigenvalue weighted by atomic mass is 10.1. The highest BCUT2D eigenvalue weighted by Crippen LogP contribution is 2.25. The Balaban J connectivity index is 2.16. The van der Waals surface area contributed by atoms with Crippen LogP contribution in [0.4, 0.5) is 11.8 Å². The minimum atomic E-state index is 0.248. The van der Waals surface area contributed by atoms with Crippen LogP contribution in [-0.4, -0.2) is 23.1 Å². The van der Waals surface area contributed by atoms with Crippen LogP contribution in [0.2, 0.25) is 5.15 Å². The predicted octanol–water partition coefficient (Wildman–Crippen LogP) is 1.95. The van der Waals surface area contributed by atoms with Gasteiger partial charge in [-0.2, -0.15) is 4.98 Å². The van der Waals surface area contributed by atoms with E-state index in [0.29, 0.717) is 5.15 Å². The zero-order chi connectivity index (χ0) is 10.8. The Morgan fingerprint density at radius 2 is 2.40 bits per heavy atom. The van der Waals surface area contributed by atoms with Gasteiger partial charge in [0.1, 0.15) is 11.0 Å². The normalized spacial score (nSPS) is 20.9. The summed E-state index contributed by atoms with van der Waals surface area (Å²) in [6.45, 7) is 4.30. The predicted molar refractivity (Wildman–Crippen MR) is 62.1 cm³/mol. The van der Waals surface area contributed by atoms with E-state index in [1.54, 1.807) is 6.07 Å². The van der Waals surface area contributed by atoms with Crippen molar-refractivity contribution < 1.29 is 0 Å². The fourth-order valence-electron chi connectivity index (χ4n) is 1.96. The van der Waals surface area contributed by atoms with Gasteiger partial charge in [0.25, 0.3) is 0 Å². The van der Waals surface area contributed by atoms with Crippen molar-refractivity contribution in [3.63, 3.8) is 0 Å². The number of hydrogen-bond acceptors (Lipinski definition) is 4. The molecule has 1 saturated heterocycles. The zero-order valence-electron chi connectivity index (χ0n) is 8.78. The van der Waals surface area contributed by atoms with Crippen LogP contribution >= 0.6 is 11.6 Å². The number of nitrogens with zero attached hydrogens (tertiary/aromatic N) is 3. The lowest BCUT2D eigenvalue weighted by Crippen LogP contribution is -2.21. The topological polar surface area (TPSA) is 55.0 Å². The molecule has 0 amide bonds. The lowest BCUT2D eigenvalue weighted by molar-refractivity contribution is 0.568. The maximum Gasteiger partial charge on any atom is 0.223 e. The van der Waals surface area contributed by atoms with Gasteiger partial charge in [-0.25, -0.2) is 4.98 Å². The second-order valence-corrected chi connectivity index (χ2v) is 4.30. The van der Waals surface area contributed by atoms with Crippen LogP contribution in [0.1, 0.15) is 19.8 Å². The fraction of sp³-hybridized carbons (Fsp3) is 0.600. The van der Waals surface area contributed by atoms with Gasteiger partial charge in [0.2, 0.25) is 5.95 Å². The summed E-state index contributed by atoms with van der Waals surface area (Å²) in [5, 5.41) is 0.414. The van der Waals surface area contributed by atoms with E-state index in [4.69, 9.17) is 17.3 Å². The SMILES string of the molecule is CCC1CCN(c2cc(Cl)nc(N)n2)C1. The van der Waals surface area contributed by atoms with Gasteiger partial charge in [0.15, 0.2) is 0 Å². The van der Waals surface area contributed by atoms with Gasteiger partial charge in [0, 0.05) is 19.2 Å². The molecule has 1 aromatic rings. The number of nitrogens with two attached hydrogens (primary N) is 1. The van der Waals surface area contributed by atoms with Crippen LogP contribution in [0, 0.1) is 5.92 Å². The van der Waals surface area contributed by atoms with Crippen LogP contribution in [0.5, 0.6) is 0 Å². The molecule has 1 fully saturated rings. The summed E-state index contributed by atoms with van der Waals surface area (Å²) in [5.41, 5.74) is 5.56. The van der Waals surface area contributed by atoms with E-state index in [-0.39, 0.29) is 5.95 Å². The highest BCUT2D eigenvalue weighted by molar-refractivity contribution is 6.29. The molecular weight excluding hydrogens is 212 g/mol. The van der Waals surface area contributed by atoms with E-state index < -0.39 is 0 Å². The van der Waals surface area contributed by atoms with Crippen LogP contribution in [0.3, 0.4) is 0 Å². The molecule has 15 heavy (non-hydrogen) atoms. The van der Waals surface area contributed by atoms with Crippen molar-refractivity contribution in [3.8, 4) is 0 Å². The average molecular weight is 227 g/mol. The van der Waals surface area contributed by atoms with Crippen molar-refractivity contribution >= 4 is 23.4 Å². The molecule has 0 radical (unpaired) electrons. The summed E-state index contributed by atoms with van der Waals surface area (Å²) < 4.78 is 0. The van der Waals surface area contributed by atoms with Crippen molar-refractivity contribution in [1.29, 1.82) is 0 Å². The molecule has 2 N–H and O–H groups in total. The highest BCUT2D eigenvalue weighted by Gasteiger charge is 2.22. The second-order valence-electron chi connectivity index (χ2n) is 3.92. The van der Waals surface area contributed by atoms with Gasteiger partial charge >= 0.3 is 0 Å². The number of hydrogen-bond donors (Lipinski definition) is 1. The Morgan fingerprint density at radius 3 is 3.00 bits per heavy atom. The molecule has 0 aromatic carbocycles. The molecule has 4 nitrogen and oxygen atoms in total. The van der Waals surface area contributed by atoms with E-state index >= 15 is 0 Å². The number of rotatable bonds is 2. The molecule has 1 atom stereocenters. The molecule has 2 heterocycles. The van der Waals surface area contributed by atoms with Crippen LogP contribution < -0.4 is 10.6 Å². The Hall–Kier alpha value is -1.03. The van der Waals surface area contributed by atoms with Gasteiger partial charge in [-0.3, -0.25) is 0 Å². The van der Waals surface area contributed by atoms with Crippen LogP contribution in [-0.2, 0) is 0 Å². The third-order valence-corrected chi connectivity index (χ3v) is 3.08. The molecule has 2 rings (SSSR count). The number of nitrogen functional groups attached to an aromatic ring is 1. The molecule has 0 aliphatic carbocycles. The summed E-state index contributed by atoms with van der Waals surface area (Å²) in [4.78, 5) is 10.3. The maximum atomic E-state index is 5.84. The Kier molecular flexibility index (Phi) is 2.95. The van der Waals surface area contributed by atoms with E-state index in [0.717, 1.165) is 24.8 Å². The second kappa shape index (κ2) is 4.23. The van der Waals surface area contributed by atoms with Gasteiger partial charge in [0.05, 0.1) is 0 Å². The first-order chi connectivity index (χ1) is 7.19. The molecule has 82 valence electrons. The molecule has 0 spiro atoms. The summed E-state index contributed by atoms with van der Waals surface area (Å²) in [5.74, 6) is 1.86. The van der Waals surface area contributed by atoms with Crippen molar-refractivity contribution in [3.05, 3.63) is 11.2 Å². The lowest BCUT2D eigenvalue weighted by Gasteiger charge is -2.17. The molecule has 1 aromatic heterocycles. The Morgan fingerprint density at radius 1 is 1.60 bits per heavy atom. The fourth-order valence-corrected chi connectivity index (χ4v) is 2.14. The zero-order valence-corrected chi connectivity index (χ0v) is 9.54. The molecule has 1 aliphatic rings. The van der Waals surface area contributed by atoms with E-state index in [9.17, 15) is 0 Å². The molecule has 5 heteroatoms. The Bertz CT molecular complexity index is 335. The third kappa shape index (κ3) is 2.31. The average Bonchev–Trinajstić information content (AvgIpc) is 2.64. The van der Waals surface area contributed by atoms with Gasteiger partial charge in [-0.15, -0.1) is 0 Å². The van der Waals surface area contributed by atoms with E-state index in [1.165, 1.54) is 12.8 Å². The molecule has 1 aliphatic heterocycles. The van der Waals surface area contributed by atoms with E-state index in [2.05, 4.69) is 21.8 Å². The first-order valence-corrected chi connectivity index (χ1v) is 5.62. The molecule has 0 saturated carbocycles. The standard InChI is InChI=1S/C10H15ClN4/c1-2-7-3-4-15(6-7)9-5-8(11)13-10(12)14-9/h5,7H,2-4,6H2,1H3,(H2,12,13,14). The summed E-state index contributed by atoms with van der Waals surface area (Å²) in [6.07, 6.45) is 2.43. The van der Waals surface area contributed by atoms with Gasteiger partial charge in [-0.05, 0) is 12.3 Å². The minimum Gasteiger partial charge on any atom is -0.368 e. The number of halogens is 1. The first kappa shape index (κ1) is 10.5. The van der Waals surface area contributed by atoms with Crippen LogP contribution in [0.25, 0.3) is 0 Å². The minimum absolute atomic E-state index is 0.248. The number of aromatic nitrogens is 2. The first-order valence-electron chi connectivity index (χ1n) is 5.24. The van der Waals surface area contributed by atoms with Crippen molar-refractivity contribution in [1.82, 2.24) is 9.97 Å². The maximum absolute atomic E-state index is 5.84. The monoisotopic (exact) mass is 226 g/mol. The van der Waals surface area contributed by atoms with Crippen LogP contribution in [0.15, 0.2) is 6.07 Å². The quantitative estimate of drug-likeness (QED) is 0.784. The smallest absolute Gasteiger partial charge is 0.223 e. The van der Waals surface area contributed by atoms with Crippen molar-refractivity contribution in [2.45, 2.75) is 19.8 Å². The largest absolute Gasteiger partial charge is 0.368 e. The van der Waals surface area contributed by atoms with Gasteiger partial charge < -0.3 is 10.6 Å². The molecule has 0 bridgehead atoms. The van der Waals surface area contributed by atoms with E-state index in [1.807, 2.05) is 0 Å². The third-order valence-electron chi connectivity index (χ3n) is 2.89.